The zero-order valence-corrected chi connectivity index (χ0v) is 11.6. The third-order valence-electron chi connectivity index (χ3n) is 3.13. The molecule has 2 rings (SSSR count). The van der Waals surface area contributed by atoms with Crippen LogP contribution >= 0.6 is 11.6 Å². The summed E-state index contributed by atoms with van der Waals surface area (Å²) >= 11 is 5.58. The highest BCUT2D eigenvalue weighted by atomic mass is 35.5. The Labute approximate surface area is 120 Å². The van der Waals surface area contributed by atoms with Gasteiger partial charge in [-0.25, -0.2) is 9.97 Å². The van der Waals surface area contributed by atoms with Crippen LogP contribution in [0, 0.1) is 0 Å². The summed E-state index contributed by atoms with van der Waals surface area (Å²) in [7, 11) is 0. The van der Waals surface area contributed by atoms with E-state index in [0.717, 1.165) is 19.6 Å². The van der Waals surface area contributed by atoms with Gasteiger partial charge in [0.25, 0.3) is 0 Å². The molecule has 1 aliphatic rings. The van der Waals surface area contributed by atoms with E-state index in [1.54, 1.807) is 0 Å². The first kappa shape index (κ1) is 15.3. The van der Waals surface area contributed by atoms with Gasteiger partial charge in [0.05, 0.1) is 0 Å². The second-order valence-electron chi connectivity index (χ2n) is 4.73. The van der Waals surface area contributed by atoms with Crippen LogP contribution in [0.2, 0.25) is 5.15 Å². The minimum atomic E-state index is -4.59. The molecule has 0 unspecified atom stereocenters. The average Bonchev–Trinajstić information content (AvgIpc) is 2.38. The minimum absolute atomic E-state index is 0.106. The molecule has 1 saturated heterocycles. The Hall–Kier alpha value is -1.08. The van der Waals surface area contributed by atoms with Crippen LogP contribution in [0.15, 0.2) is 6.07 Å². The van der Waals surface area contributed by atoms with Gasteiger partial charge in [0.1, 0.15) is 11.0 Å². The van der Waals surface area contributed by atoms with Crippen LogP contribution in [-0.2, 0) is 6.18 Å². The number of hydrogen-bond acceptors (Lipinski definition) is 4. The maximum Gasteiger partial charge on any atom is 0.451 e. The van der Waals surface area contributed by atoms with E-state index in [9.17, 15) is 13.2 Å². The summed E-state index contributed by atoms with van der Waals surface area (Å²) in [6.07, 6.45) is -0.982. The lowest BCUT2D eigenvalue weighted by molar-refractivity contribution is -0.144. The van der Waals surface area contributed by atoms with Gasteiger partial charge < -0.3 is 10.2 Å². The van der Waals surface area contributed by atoms with Crippen molar-refractivity contribution in [3.8, 4) is 0 Å². The monoisotopic (exact) mass is 308 g/mol. The highest BCUT2D eigenvalue weighted by Crippen LogP contribution is 2.28. The van der Waals surface area contributed by atoms with Gasteiger partial charge in [-0.05, 0) is 25.9 Å². The zero-order chi connectivity index (χ0) is 14.6. The van der Waals surface area contributed by atoms with Crippen molar-refractivity contribution < 1.29 is 13.2 Å². The number of nitrogens with one attached hydrogen (secondary N) is 1. The van der Waals surface area contributed by atoms with Crippen molar-refractivity contribution in [1.29, 1.82) is 0 Å². The zero-order valence-electron chi connectivity index (χ0n) is 10.9. The molecule has 0 saturated carbocycles. The molecule has 112 valence electrons. The summed E-state index contributed by atoms with van der Waals surface area (Å²) in [5, 5.41) is 2.65. The smallest absolute Gasteiger partial charge is 0.369 e. The number of alkyl halides is 3. The fraction of sp³-hybridized carbons (Fsp3) is 0.667. The molecule has 0 spiro atoms. The maximum atomic E-state index is 12.5. The molecule has 1 aromatic heterocycles. The van der Waals surface area contributed by atoms with E-state index in [-0.39, 0.29) is 11.0 Å². The Morgan fingerprint density at radius 3 is 2.55 bits per heavy atom. The van der Waals surface area contributed by atoms with E-state index in [1.165, 1.54) is 25.3 Å². The van der Waals surface area contributed by atoms with Gasteiger partial charge in [0.2, 0.25) is 5.82 Å². The molecule has 1 aromatic rings. The Morgan fingerprint density at radius 1 is 1.20 bits per heavy atom. The lowest BCUT2D eigenvalue weighted by atomic mass is 10.1. The summed E-state index contributed by atoms with van der Waals surface area (Å²) in [6, 6.07) is 1.30. The van der Waals surface area contributed by atoms with Crippen LogP contribution in [0.4, 0.5) is 19.0 Å². The Morgan fingerprint density at radius 2 is 1.90 bits per heavy atom. The van der Waals surface area contributed by atoms with E-state index in [4.69, 9.17) is 11.6 Å². The van der Waals surface area contributed by atoms with E-state index in [1.807, 2.05) is 0 Å². The van der Waals surface area contributed by atoms with E-state index in [0.29, 0.717) is 6.54 Å². The predicted octanol–water partition coefficient (Wildman–Crippen LogP) is 3.05. The van der Waals surface area contributed by atoms with Crippen LogP contribution in [-0.4, -0.2) is 41.0 Å². The number of aromatic nitrogens is 2. The maximum absolute atomic E-state index is 12.5. The van der Waals surface area contributed by atoms with Crippen LogP contribution < -0.4 is 5.32 Å². The quantitative estimate of drug-likeness (QED) is 0.868. The Bertz CT molecular complexity index is 447. The van der Waals surface area contributed by atoms with Crippen molar-refractivity contribution in [3.05, 3.63) is 17.0 Å². The number of piperidine rings is 1. The van der Waals surface area contributed by atoms with Gasteiger partial charge in [0, 0.05) is 19.2 Å². The van der Waals surface area contributed by atoms with Crippen molar-refractivity contribution in [3.63, 3.8) is 0 Å². The van der Waals surface area contributed by atoms with Gasteiger partial charge in [-0.3, -0.25) is 0 Å². The highest BCUT2D eigenvalue weighted by Gasteiger charge is 2.35. The molecule has 0 radical (unpaired) electrons. The van der Waals surface area contributed by atoms with Crippen LogP contribution in [0.25, 0.3) is 0 Å². The molecule has 20 heavy (non-hydrogen) atoms. The summed E-state index contributed by atoms with van der Waals surface area (Å²) in [4.78, 5) is 8.90. The van der Waals surface area contributed by atoms with Crippen LogP contribution in [0.3, 0.4) is 0 Å². The minimum Gasteiger partial charge on any atom is -0.369 e. The van der Waals surface area contributed by atoms with E-state index >= 15 is 0 Å². The Kier molecular flexibility index (Phi) is 5.04. The molecular weight excluding hydrogens is 293 g/mol. The largest absolute Gasteiger partial charge is 0.451 e. The van der Waals surface area contributed by atoms with E-state index < -0.39 is 12.0 Å². The molecule has 1 N–H and O–H groups in total. The summed E-state index contributed by atoms with van der Waals surface area (Å²) in [6.45, 7) is 3.40. The van der Waals surface area contributed by atoms with Gasteiger partial charge in [-0.1, -0.05) is 18.0 Å². The van der Waals surface area contributed by atoms with Crippen LogP contribution in [0.5, 0.6) is 0 Å². The van der Waals surface area contributed by atoms with Gasteiger partial charge in [0.15, 0.2) is 0 Å². The molecular formula is C12H16ClF3N4. The van der Waals surface area contributed by atoms with Gasteiger partial charge >= 0.3 is 6.18 Å². The number of likely N-dealkylation sites (tertiary alicyclic amines) is 1. The lowest BCUT2D eigenvalue weighted by Gasteiger charge is -2.26. The fourth-order valence-corrected chi connectivity index (χ4v) is 2.34. The number of nitrogens with zero attached hydrogens (tertiary/aromatic N) is 3. The SMILES string of the molecule is FC(F)(F)c1nc(Cl)cc(NCCN2CCCCC2)n1. The fourth-order valence-electron chi connectivity index (χ4n) is 2.16. The second-order valence-corrected chi connectivity index (χ2v) is 5.11. The number of anilines is 1. The van der Waals surface area contributed by atoms with Crippen molar-refractivity contribution in [1.82, 2.24) is 14.9 Å². The number of rotatable bonds is 4. The molecule has 1 aliphatic heterocycles. The second kappa shape index (κ2) is 6.58. The number of hydrogen-bond donors (Lipinski definition) is 1. The van der Waals surface area contributed by atoms with E-state index in [2.05, 4.69) is 20.2 Å². The molecule has 0 atom stereocenters. The van der Waals surface area contributed by atoms with Crippen molar-refractivity contribution >= 4 is 17.4 Å². The third-order valence-corrected chi connectivity index (χ3v) is 3.32. The van der Waals surface area contributed by atoms with Crippen LogP contribution in [0.1, 0.15) is 25.1 Å². The molecule has 8 heteroatoms. The predicted molar refractivity (Wildman–Crippen MR) is 70.8 cm³/mol. The molecule has 1 fully saturated rings. The summed E-state index contributed by atoms with van der Waals surface area (Å²) in [5.41, 5.74) is 0. The normalized spacial score (nSPS) is 17.2. The molecule has 4 nitrogen and oxygen atoms in total. The third kappa shape index (κ3) is 4.49. The van der Waals surface area contributed by atoms with Gasteiger partial charge in [-0.2, -0.15) is 13.2 Å². The highest BCUT2D eigenvalue weighted by molar-refractivity contribution is 6.29. The average molecular weight is 309 g/mol. The molecule has 0 amide bonds. The first-order chi connectivity index (χ1) is 9.45. The first-order valence-corrected chi connectivity index (χ1v) is 6.91. The molecule has 2 heterocycles. The molecule has 0 aromatic carbocycles. The number of halogens is 4. The summed E-state index contributed by atoms with van der Waals surface area (Å²) in [5.74, 6) is -1.11. The standard InChI is InChI=1S/C12H16ClF3N4/c13-9-8-10(19-11(18-9)12(14,15)16)17-4-7-20-5-2-1-3-6-20/h8H,1-7H2,(H,17,18,19). The first-order valence-electron chi connectivity index (χ1n) is 6.53. The topological polar surface area (TPSA) is 41.1 Å². The van der Waals surface area contributed by atoms with Crippen molar-refractivity contribution in [2.24, 2.45) is 0 Å². The lowest BCUT2D eigenvalue weighted by Crippen LogP contribution is -2.33. The Balaban J connectivity index is 1.90. The van der Waals surface area contributed by atoms with Crippen molar-refractivity contribution in [2.45, 2.75) is 25.4 Å². The summed E-state index contributed by atoms with van der Waals surface area (Å²) < 4.78 is 37.6. The molecule has 0 aliphatic carbocycles. The van der Waals surface area contributed by atoms with Crippen molar-refractivity contribution in [2.75, 3.05) is 31.5 Å². The molecule has 0 bridgehead atoms. The van der Waals surface area contributed by atoms with Gasteiger partial charge in [-0.15, -0.1) is 0 Å².